The maximum Gasteiger partial charge on any atom is 0.470 e. The Bertz CT molecular complexity index is 654. The summed E-state index contributed by atoms with van der Waals surface area (Å²) in [5, 5.41) is 23.4. The Morgan fingerprint density at radius 3 is 2.55 bits per heavy atom. The van der Waals surface area contributed by atoms with Crippen molar-refractivity contribution in [2.24, 2.45) is 5.92 Å². The van der Waals surface area contributed by atoms with Crippen molar-refractivity contribution in [2.75, 3.05) is 19.8 Å². The molecule has 182 valence electrons. The predicted octanol–water partition coefficient (Wildman–Crippen LogP) is 0.506. The molecule has 0 aromatic rings. The number of phosphoric ester groups is 1. The molecular formula is C18H34ClN2O8PS. The van der Waals surface area contributed by atoms with Crippen molar-refractivity contribution in [3.05, 3.63) is 0 Å². The van der Waals surface area contributed by atoms with Gasteiger partial charge in [0, 0.05) is 6.54 Å². The van der Waals surface area contributed by atoms with Gasteiger partial charge in [0.1, 0.15) is 29.9 Å². The fourth-order valence-electron chi connectivity index (χ4n) is 4.37. The highest BCUT2D eigenvalue weighted by atomic mass is 35.5. The molecule has 0 saturated carbocycles. The zero-order valence-corrected chi connectivity index (χ0v) is 20.6. The fraction of sp³-hybridized carbons (Fsp3) is 0.944. The number of hydrogen-bond acceptors (Lipinski definition) is 8. The lowest BCUT2D eigenvalue weighted by molar-refractivity contribution is -0.201. The second-order valence-corrected chi connectivity index (χ2v) is 11.1. The van der Waals surface area contributed by atoms with E-state index >= 15 is 0 Å². The summed E-state index contributed by atoms with van der Waals surface area (Å²) in [6, 6.07) is -1.18. The topological polar surface area (TPSA) is 149 Å². The second kappa shape index (κ2) is 11.5. The highest BCUT2D eigenvalue weighted by molar-refractivity contribution is 7.99. The van der Waals surface area contributed by atoms with Gasteiger partial charge >= 0.3 is 7.82 Å². The number of amides is 1. The number of nitrogens with one attached hydrogen (secondary N) is 1. The summed E-state index contributed by atoms with van der Waals surface area (Å²) in [5.41, 5.74) is -0.992. The standard InChI is InChI=1S/C18H34ClN2O8PS/c1-5-6-10-7-11(21(3)8-10)17(24)20-12(9(2)19)15-13(22)14(23)16(18(28-15)31-4)29-30(25,26)27/h9-16,18,22-23H,5-8H2,1-4H3,(H,20,24)(H2,25,26,27)/t9-,10-,11+,12-,13-,14+,15?,16-,18-/m1/s1. The third-order valence-electron chi connectivity index (χ3n) is 5.87. The van der Waals surface area contributed by atoms with Gasteiger partial charge in [-0.1, -0.05) is 13.3 Å². The van der Waals surface area contributed by atoms with E-state index in [-0.39, 0.29) is 11.9 Å². The van der Waals surface area contributed by atoms with Crippen LogP contribution >= 0.6 is 31.2 Å². The smallest absolute Gasteiger partial charge is 0.388 e. The van der Waals surface area contributed by atoms with Crippen LogP contribution in [0.25, 0.3) is 0 Å². The van der Waals surface area contributed by atoms with E-state index in [0.717, 1.165) is 37.6 Å². The van der Waals surface area contributed by atoms with E-state index in [0.29, 0.717) is 5.92 Å². The molecule has 2 saturated heterocycles. The van der Waals surface area contributed by atoms with Crippen LogP contribution in [0.5, 0.6) is 0 Å². The molecule has 13 heteroatoms. The Morgan fingerprint density at radius 2 is 2.03 bits per heavy atom. The first kappa shape index (κ1) is 27.3. The number of likely N-dealkylation sites (tertiary alicyclic amines) is 1. The molecule has 2 aliphatic heterocycles. The summed E-state index contributed by atoms with van der Waals surface area (Å²) in [5.74, 6) is 0.195. The monoisotopic (exact) mass is 504 g/mol. The van der Waals surface area contributed by atoms with E-state index in [1.165, 1.54) is 0 Å². The number of aliphatic hydroxyl groups excluding tert-OH is 2. The number of ether oxygens (including phenoxy) is 1. The molecule has 0 bridgehead atoms. The van der Waals surface area contributed by atoms with Crippen LogP contribution in [0.1, 0.15) is 33.1 Å². The Balaban J connectivity index is 2.15. The molecule has 1 amide bonds. The van der Waals surface area contributed by atoms with E-state index in [4.69, 9.17) is 26.1 Å². The molecule has 10 nitrogen and oxygen atoms in total. The number of likely N-dealkylation sites (N-methyl/N-ethyl adjacent to an activating group) is 1. The summed E-state index contributed by atoms with van der Waals surface area (Å²) in [4.78, 5) is 33.3. The zero-order valence-electron chi connectivity index (χ0n) is 18.1. The molecule has 31 heavy (non-hydrogen) atoms. The summed E-state index contributed by atoms with van der Waals surface area (Å²) >= 11 is 7.38. The number of alkyl halides is 1. The maximum atomic E-state index is 13.0. The van der Waals surface area contributed by atoms with Crippen molar-refractivity contribution in [3.8, 4) is 0 Å². The van der Waals surface area contributed by atoms with Gasteiger partial charge in [0.2, 0.25) is 5.91 Å². The van der Waals surface area contributed by atoms with E-state index in [9.17, 15) is 19.6 Å². The van der Waals surface area contributed by atoms with Gasteiger partial charge in [0.05, 0.1) is 17.5 Å². The van der Waals surface area contributed by atoms with Crippen LogP contribution < -0.4 is 5.32 Å². The number of nitrogens with zero attached hydrogens (tertiary/aromatic N) is 1. The summed E-state index contributed by atoms with van der Waals surface area (Å²) in [6.45, 7) is 4.57. The molecule has 9 atom stereocenters. The highest BCUT2D eigenvalue weighted by Crippen LogP contribution is 2.43. The summed E-state index contributed by atoms with van der Waals surface area (Å²) in [6.07, 6.45) is -1.37. The van der Waals surface area contributed by atoms with Crippen LogP contribution in [0.2, 0.25) is 0 Å². The molecule has 2 rings (SSSR count). The highest BCUT2D eigenvalue weighted by Gasteiger charge is 2.51. The number of carbonyl (C=O) groups is 1. The van der Waals surface area contributed by atoms with Crippen LogP contribution in [0, 0.1) is 5.92 Å². The van der Waals surface area contributed by atoms with Crippen molar-refractivity contribution >= 4 is 37.1 Å². The average Bonchev–Trinajstić information content (AvgIpc) is 3.03. The Kier molecular flexibility index (Phi) is 10.1. The fourth-order valence-corrected chi connectivity index (χ4v) is 5.93. The zero-order chi connectivity index (χ0) is 23.5. The van der Waals surface area contributed by atoms with Gasteiger partial charge in [0.15, 0.2) is 0 Å². The van der Waals surface area contributed by atoms with Crippen molar-refractivity contribution < 1.29 is 38.6 Å². The molecule has 0 aromatic carbocycles. The number of halogens is 1. The lowest BCUT2D eigenvalue weighted by Gasteiger charge is -2.45. The molecule has 0 radical (unpaired) electrons. The van der Waals surface area contributed by atoms with Crippen molar-refractivity contribution in [1.29, 1.82) is 0 Å². The normalized spacial score (nSPS) is 36.9. The third-order valence-corrected chi connectivity index (χ3v) is 7.50. The SMILES string of the molecule is CCC[C@@H]1C[C@@H](C(=O)N[C@@H](C2O[C@H](SC)[C@H](OP(=O)(O)O)[C@@H](O)[C@H]2O)[C@@H](C)Cl)N(C)C1. The summed E-state index contributed by atoms with van der Waals surface area (Å²) in [7, 11) is -3.04. The van der Waals surface area contributed by atoms with E-state index < -0.39 is 49.1 Å². The maximum absolute atomic E-state index is 13.0. The molecule has 2 fully saturated rings. The number of thioether (sulfide) groups is 1. The largest absolute Gasteiger partial charge is 0.470 e. The van der Waals surface area contributed by atoms with Crippen LogP contribution in [0.3, 0.4) is 0 Å². The van der Waals surface area contributed by atoms with Gasteiger partial charge in [-0.2, -0.15) is 0 Å². The quantitative estimate of drug-likeness (QED) is 0.222. The Hall–Kier alpha value is 0.0600. The van der Waals surface area contributed by atoms with E-state index in [1.807, 2.05) is 11.9 Å². The van der Waals surface area contributed by atoms with Gasteiger partial charge < -0.3 is 30.1 Å². The first-order chi connectivity index (χ1) is 14.4. The molecule has 1 unspecified atom stereocenters. The third kappa shape index (κ3) is 7.02. The molecule has 0 spiro atoms. The minimum atomic E-state index is -4.93. The van der Waals surface area contributed by atoms with Crippen LogP contribution in [0.15, 0.2) is 0 Å². The average molecular weight is 505 g/mol. The molecule has 2 heterocycles. The first-order valence-electron chi connectivity index (χ1n) is 10.3. The van der Waals surface area contributed by atoms with Crippen LogP contribution in [0.4, 0.5) is 0 Å². The first-order valence-corrected chi connectivity index (χ1v) is 13.6. The minimum absolute atomic E-state index is 0.238. The Labute approximate surface area is 192 Å². The summed E-state index contributed by atoms with van der Waals surface area (Å²) < 4.78 is 21.7. The van der Waals surface area contributed by atoms with Gasteiger partial charge in [-0.15, -0.1) is 23.4 Å². The van der Waals surface area contributed by atoms with Crippen molar-refractivity contribution in [3.63, 3.8) is 0 Å². The number of carbonyl (C=O) groups excluding carboxylic acids is 1. The molecule has 0 aromatic heterocycles. The van der Waals surface area contributed by atoms with Gasteiger partial charge in [-0.05, 0) is 39.0 Å². The minimum Gasteiger partial charge on any atom is -0.388 e. The molecule has 0 aliphatic carbocycles. The van der Waals surface area contributed by atoms with Crippen LogP contribution in [-0.4, -0.2) is 98.0 Å². The molecule has 2 aliphatic rings. The number of rotatable bonds is 9. The predicted molar refractivity (Wildman–Crippen MR) is 118 cm³/mol. The van der Waals surface area contributed by atoms with Crippen molar-refractivity contribution in [1.82, 2.24) is 10.2 Å². The number of aliphatic hydroxyl groups is 2. The van der Waals surface area contributed by atoms with Gasteiger partial charge in [0.25, 0.3) is 0 Å². The Morgan fingerprint density at radius 1 is 1.39 bits per heavy atom. The molecular weight excluding hydrogens is 471 g/mol. The number of hydrogen-bond donors (Lipinski definition) is 5. The number of phosphoric acid groups is 1. The van der Waals surface area contributed by atoms with Gasteiger partial charge in [-0.25, -0.2) is 4.57 Å². The lowest BCUT2D eigenvalue weighted by atomic mass is 9.92. The van der Waals surface area contributed by atoms with Gasteiger partial charge in [-0.3, -0.25) is 14.2 Å². The lowest BCUT2D eigenvalue weighted by Crippen LogP contribution is -2.65. The van der Waals surface area contributed by atoms with E-state index in [2.05, 4.69) is 16.8 Å². The second-order valence-electron chi connectivity index (χ2n) is 8.30. The van der Waals surface area contributed by atoms with E-state index in [1.54, 1.807) is 13.2 Å². The molecule has 5 N–H and O–H groups in total. The van der Waals surface area contributed by atoms with Crippen molar-refractivity contribution in [2.45, 2.75) is 80.4 Å². The van der Waals surface area contributed by atoms with Crippen LogP contribution in [-0.2, 0) is 18.6 Å².